The maximum atomic E-state index is 3.48. The van der Waals surface area contributed by atoms with Crippen molar-refractivity contribution in [2.45, 2.75) is 58.0 Å². The molecule has 0 aromatic rings. The molecule has 88 valence electrons. The predicted octanol–water partition coefficient (Wildman–Crippen LogP) is 2.25. The summed E-state index contributed by atoms with van der Waals surface area (Å²) in [6, 6.07) is 1.54. The first kappa shape index (κ1) is 11.4. The normalized spacial score (nSPS) is 32.8. The SMILES string of the molecule is CC1CNCCN1C(C)C1CCCCC1. The monoisotopic (exact) mass is 210 g/mol. The van der Waals surface area contributed by atoms with E-state index in [2.05, 4.69) is 24.1 Å². The van der Waals surface area contributed by atoms with E-state index in [9.17, 15) is 0 Å². The molecule has 15 heavy (non-hydrogen) atoms. The maximum Gasteiger partial charge on any atom is 0.0195 e. The van der Waals surface area contributed by atoms with Gasteiger partial charge in [0.2, 0.25) is 0 Å². The molecule has 1 N–H and O–H groups in total. The third-order valence-corrected chi connectivity index (χ3v) is 4.41. The Hall–Kier alpha value is -0.0800. The maximum absolute atomic E-state index is 3.48. The van der Waals surface area contributed by atoms with Crippen molar-refractivity contribution in [2.24, 2.45) is 5.92 Å². The Morgan fingerprint density at radius 3 is 2.60 bits per heavy atom. The second kappa shape index (κ2) is 5.31. The molecule has 2 unspecified atom stereocenters. The van der Waals surface area contributed by atoms with Crippen LogP contribution in [-0.2, 0) is 0 Å². The van der Waals surface area contributed by atoms with Crippen LogP contribution in [0.3, 0.4) is 0 Å². The quantitative estimate of drug-likeness (QED) is 0.752. The fraction of sp³-hybridized carbons (Fsp3) is 1.00. The van der Waals surface area contributed by atoms with E-state index < -0.39 is 0 Å². The Morgan fingerprint density at radius 2 is 1.93 bits per heavy atom. The number of piperazine rings is 1. The Labute approximate surface area is 94.4 Å². The van der Waals surface area contributed by atoms with Crippen LogP contribution in [0.1, 0.15) is 46.0 Å². The van der Waals surface area contributed by atoms with Gasteiger partial charge in [-0.25, -0.2) is 0 Å². The molecule has 2 heteroatoms. The Balaban J connectivity index is 1.89. The van der Waals surface area contributed by atoms with Crippen molar-refractivity contribution < 1.29 is 0 Å². The molecule has 0 aromatic carbocycles. The first-order valence-electron chi connectivity index (χ1n) is 6.75. The summed E-state index contributed by atoms with van der Waals surface area (Å²) in [7, 11) is 0. The molecular formula is C13H26N2. The lowest BCUT2D eigenvalue weighted by Crippen LogP contribution is -2.55. The number of hydrogen-bond donors (Lipinski definition) is 1. The average Bonchev–Trinajstić information content (AvgIpc) is 2.30. The molecule has 1 heterocycles. The zero-order valence-corrected chi connectivity index (χ0v) is 10.3. The summed E-state index contributed by atoms with van der Waals surface area (Å²) in [5.41, 5.74) is 0. The lowest BCUT2D eigenvalue weighted by Gasteiger charge is -2.42. The van der Waals surface area contributed by atoms with Crippen molar-refractivity contribution in [1.29, 1.82) is 0 Å². The summed E-state index contributed by atoms with van der Waals surface area (Å²) in [6.45, 7) is 8.43. The molecule has 2 fully saturated rings. The average molecular weight is 210 g/mol. The summed E-state index contributed by atoms with van der Waals surface area (Å²) >= 11 is 0. The van der Waals surface area contributed by atoms with Crippen molar-refractivity contribution in [3.05, 3.63) is 0 Å². The Morgan fingerprint density at radius 1 is 1.20 bits per heavy atom. The highest BCUT2D eigenvalue weighted by molar-refractivity contribution is 4.85. The minimum absolute atomic E-state index is 0.732. The number of hydrogen-bond acceptors (Lipinski definition) is 2. The lowest BCUT2D eigenvalue weighted by molar-refractivity contribution is 0.0748. The van der Waals surface area contributed by atoms with Gasteiger partial charge in [-0.1, -0.05) is 19.3 Å². The van der Waals surface area contributed by atoms with Crippen LogP contribution in [0.2, 0.25) is 0 Å². The van der Waals surface area contributed by atoms with E-state index in [1.54, 1.807) is 0 Å². The van der Waals surface area contributed by atoms with Gasteiger partial charge in [0.15, 0.2) is 0 Å². The standard InChI is InChI=1S/C13H26N2/c1-11-10-14-8-9-15(11)12(2)13-6-4-3-5-7-13/h11-14H,3-10H2,1-2H3. The van der Waals surface area contributed by atoms with Crippen LogP contribution < -0.4 is 5.32 Å². The molecule has 2 aliphatic rings. The molecule has 0 radical (unpaired) electrons. The minimum atomic E-state index is 0.732. The summed E-state index contributed by atoms with van der Waals surface area (Å²) in [6.07, 6.45) is 7.35. The second-order valence-corrected chi connectivity index (χ2v) is 5.43. The molecule has 0 bridgehead atoms. The third kappa shape index (κ3) is 2.73. The van der Waals surface area contributed by atoms with Gasteiger partial charge in [-0.15, -0.1) is 0 Å². The van der Waals surface area contributed by atoms with Crippen LogP contribution >= 0.6 is 0 Å². The first-order valence-corrected chi connectivity index (χ1v) is 6.75. The van der Waals surface area contributed by atoms with Gasteiger partial charge < -0.3 is 5.32 Å². The van der Waals surface area contributed by atoms with E-state index in [4.69, 9.17) is 0 Å². The third-order valence-electron chi connectivity index (χ3n) is 4.41. The van der Waals surface area contributed by atoms with Crippen LogP contribution in [0.5, 0.6) is 0 Å². The van der Waals surface area contributed by atoms with Crippen molar-refractivity contribution in [2.75, 3.05) is 19.6 Å². The molecule has 1 aliphatic carbocycles. The molecule has 1 saturated carbocycles. The number of rotatable bonds is 2. The largest absolute Gasteiger partial charge is 0.314 e. The second-order valence-electron chi connectivity index (χ2n) is 5.43. The lowest BCUT2D eigenvalue weighted by atomic mass is 9.83. The van der Waals surface area contributed by atoms with Gasteiger partial charge in [0, 0.05) is 31.7 Å². The Bertz CT molecular complexity index is 187. The topological polar surface area (TPSA) is 15.3 Å². The molecular weight excluding hydrogens is 184 g/mol. The Kier molecular flexibility index (Phi) is 4.04. The van der Waals surface area contributed by atoms with E-state index in [-0.39, 0.29) is 0 Å². The fourth-order valence-electron chi connectivity index (χ4n) is 3.35. The number of nitrogens with zero attached hydrogens (tertiary/aromatic N) is 1. The highest BCUT2D eigenvalue weighted by Crippen LogP contribution is 2.29. The van der Waals surface area contributed by atoms with Crippen LogP contribution in [0.15, 0.2) is 0 Å². The van der Waals surface area contributed by atoms with Gasteiger partial charge in [0.25, 0.3) is 0 Å². The van der Waals surface area contributed by atoms with Crippen LogP contribution in [-0.4, -0.2) is 36.6 Å². The molecule has 2 atom stereocenters. The highest BCUT2D eigenvalue weighted by Gasteiger charge is 2.29. The summed E-state index contributed by atoms with van der Waals surface area (Å²) < 4.78 is 0. The zero-order chi connectivity index (χ0) is 10.7. The molecule has 2 nitrogen and oxygen atoms in total. The van der Waals surface area contributed by atoms with Gasteiger partial charge in [0.05, 0.1) is 0 Å². The highest BCUT2D eigenvalue weighted by atomic mass is 15.2. The zero-order valence-electron chi connectivity index (χ0n) is 10.3. The van der Waals surface area contributed by atoms with Crippen LogP contribution in [0.25, 0.3) is 0 Å². The molecule has 1 aliphatic heterocycles. The van der Waals surface area contributed by atoms with E-state index in [0.717, 1.165) is 18.0 Å². The van der Waals surface area contributed by atoms with Gasteiger partial charge in [0.1, 0.15) is 0 Å². The summed E-state index contributed by atoms with van der Waals surface area (Å²) in [4.78, 5) is 2.73. The van der Waals surface area contributed by atoms with Gasteiger partial charge in [-0.3, -0.25) is 4.90 Å². The van der Waals surface area contributed by atoms with Crippen molar-refractivity contribution in [1.82, 2.24) is 10.2 Å². The van der Waals surface area contributed by atoms with E-state index in [1.807, 2.05) is 0 Å². The van der Waals surface area contributed by atoms with Crippen molar-refractivity contribution in [3.63, 3.8) is 0 Å². The molecule has 2 rings (SSSR count). The van der Waals surface area contributed by atoms with Crippen molar-refractivity contribution in [3.8, 4) is 0 Å². The van der Waals surface area contributed by atoms with Crippen LogP contribution in [0.4, 0.5) is 0 Å². The van der Waals surface area contributed by atoms with Gasteiger partial charge in [-0.05, 0) is 32.6 Å². The molecule has 0 spiro atoms. The van der Waals surface area contributed by atoms with E-state index in [1.165, 1.54) is 51.7 Å². The molecule has 0 aromatic heterocycles. The predicted molar refractivity (Wildman–Crippen MR) is 65.1 cm³/mol. The van der Waals surface area contributed by atoms with Crippen molar-refractivity contribution >= 4 is 0 Å². The van der Waals surface area contributed by atoms with Crippen LogP contribution in [0, 0.1) is 5.92 Å². The van der Waals surface area contributed by atoms with E-state index in [0.29, 0.717) is 0 Å². The molecule has 1 saturated heterocycles. The van der Waals surface area contributed by atoms with Gasteiger partial charge >= 0.3 is 0 Å². The fourth-order valence-corrected chi connectivity index (χ4v) is 3.35. The van der Waals surface area contributed by atoms with Gasteiger partial charge in [-0.2, -0.15) is 0 Å². The minimum Gasteiger partial charge on any atom is -0.314 e. The number of nitrogens with one attached hydrogen (secondary N) is 1. The smallest absolute Gasteiger partial charge is 0.0195 e. The summed E-state index contributed by atoms with van der Waals surface area (Å²) in [5.74, 6) is 0.972. The molecule has 0 amide bonds. The van der Waals surface area contributed by atoms with E-state index >= 15 is 0 Å². The first-order chi connectivity index (χ1) is 7.29. The summed E-state index contributed by atoms with van der Waals surface area (Å²) in [5, 5.41) is 3.48.